The Kier molecular flexibility index (Phi) is 5.28. The van der Waals surface area contributed by atoms with Gasteiger partial charge in [-0.15, -0.1) is 0 Å². The second-order valence-electron chi connectivity index (χ2n) is 7.41. The standard InChI is InChI=1S/C22H21ClN2O4/c23-16-5-3-15(4-6-16)22(11-12-22)21(28)29-14-19(26)24-17-7-9-18(10-8-17)25-13-1-2-20(25)27/h3-10H,1-2,11-14H2,(H,24,26). The zero-order valence-corrected chi connectivity index (χ0v) is 16.6. The lowest BCUT2D eigenvalue weighted by molar-refractivity contribution is -0.150. The van der Waals surface area contributed by atoms with Crippen LogP contribution in [0.1, 0.15) is 31.2 Å². The molecule has 1 saturated heterocycles. The van der Waals surface area contributed by atoms with Crippen molar-refractivity contribution in [3.05, 3.63) is 59.1 Å². The van der Waals surface area contributed by atoms with Gasteiger partial charge < -0.3 is 15.0 Å². The minimum atomic E-state index is -0.658. The second kappa shape index (κ2) is 7.87. The van der Waals surface area contributed by atoms with Crippen molar-refractivity contribution in [1.29, 1.82) is 0 Å². The molecule has 0 aromatic heterocycles. The Bertz CT molecular complexity index is 936. The van der Waals surface area contributed by atoms with Crippen molar-refractivity contribution in [1.82, 2.24) is 0 Å². The molecule has 0 unspecified atom stereocenters. The fourth-order valence-corrected chi connectivity index (χ4v) is 3.74. The van der Waals surface area contributed by atoms with Crippen molar-refractivity contribution in [2.24, 2.45) is 0 Å². The maximum absolute atomic E-state index is 12.5. The van der Waals surface area contributed by atoms with E-state index in [-0.39, 0.29) is 12.5 Å². The number of nitrogens with one attached hydrogen (secondary N) is 1. The SMILES string of the molecule is O=C(COC(=O)C1(c2ccc(Cl)cc2)CC1)Nc1ccc(N2CCCC2=O)cc1. The number of hydrogen-bond donors (Lipinski definition) is 1. The predicted molar refractivity (Wildman–Crippen MR) is 110 cm³/mol. The third-order valence-corrected chi connectivity index (χ3v) is 5.66. The van der Waals surface area contributed by atoms with E-state index in [1.807, 2.05) is 12.1 Å². The molecule has 1 aliphatic heterocycles. The molecule has 1 saturated carbocycles. The van der Waals surface area contributed by atoms with E-state index in [2.05, 4.69) is 5.32 Å². The van der Waals surface area contributed by atoms with E-state index < -0.39 is 17.3 Å². The Balaban J connectivity index is 1.30. The van der Waals surface area contributed by atoms with Crippen LogP contribution in [0.15, 0.2) is 48.5 Å². The smallest absolute Gasteiger partial charge is 0.317 e. The number of carbonyl (C=O) groups is 3. The van der Waals surface area contributed by atoms with Gasteiger partial charge in [-0.25, -0.2) is 0 Å². The predicted octanol–water partition coefficient (Wildman–Crippen LogP) is 3.68. The fourth-order valence-electron chi connectivity index (χ4n) is 3.62. The Hall–Kier alpha value is -2.86. The average Bonchev–Trinajstić information content (AvgIpc) is 3.42. The number of carbonyl (C=O) groups excluding carboxylic acids is 3. The highest BCUT2D eigenvalue weighted by Crippen LogP contribution is 2.49. The van der Waals surface area contributed by atoms with E-state index in [0.717, 1.165) is 24.2 Å². The maximum Gasteiger partial charge on any atom is 0.317 e. The van der Waals surface area contributed by atoms with Crippen LogP contribution in [-0.2, 0) is 24.5 Å². The average molecular weight is 413 g/mol. The monoisotopic (exact) mass is 412 g/mol. The van der Waals surface area contributed by atoms with E-state index >= 15 is 0 Å². The number of benzene rings is 2. The highest BCUT2D eigenvalue weighted by atomic mass is 35.5. The van der Waals surface area contributed by atoms with Crippen molar-refractivity contribution in [2.75, 3.05) is 23.4 Å². The van der Waals surface area contributed by atoms with Crippen LogP contribution in [0.4, 0.5) is 11.4 Å². The summed E-state index contributed by atoms with van der Waals surface area (Å²) in [6, 6.07) is 14.2. The lowest BCUT2D eigenvalue weighted by atomic mass is 9.96. The molecule has 2 fully saturated rings. The van der Waals surface area contributed by atoms with Gasteiger partial charge in [0.2, 0.25) is 5.91 Å². The molecule has 2 aromatic carbocycles. The second-order valence-corrected chi connectivity index (χ2v) is 7.85. The van der Waals surface area contributed by atoms with Crippen LogP contribution in [0.3, 0.4) is 0 Å². The first-order valence-electron chi connectivity index (χ1n) is 9.61. The molecule has 2 aromatic rings. The highest BCUT2D eigenvalue weighted by Gasteiger charge is 2.52. The number of esters is 1. The molecular formula is C22H21ClN2O4. The van der Waals surface area contributed by atoms with Crippen molar-refractivity contribution >= 4 is 40.8 Å². The minimum Gasteiger partial charge on any atom is -0.455 e. The van der Waals surface area contributed by atoms with E-state index in [9.17, 15) is 14.4 Å². The van der Waals surface area contributed by atoms with Gasteiger partial charge in [-0.1, -0.05) is 23.7 Å². The van der Waals surface area contributed by atoms with Crippen LogP contribution in [0, 0.1) is 0 Å². The van der Waals surface area contributed by atoms with Gasteiger partial charge in [0.05, 0.1) is 5.41 Å². The lowest BCUT2D eigenvalue weighted by Gasteiger charge is -2.16. The lowest BCUT2D eigenvalue weighted by Crippen LogP contribution is -2.28. The third kappa shape index (κ3) is 4.12. The van der Waals surface area contributed by atoms with Crippen molar-refractivity contribution in [3.63, 3.8) is 0 Å². The Morgan fingerprint density at radius 1 is 1.07 bits per heavy atom. The molecule has 6 nitrogen and oxygen atoms in total. The van der Waals surface area contributed by atoms with E-state index in [1.165, 1.54) is 0 Å². The molecular weight excluding hydrogens is 392 g/mol. The minimum absolute atomic E-state index is 0.114. The van der Waals surface area contributed by atoms with E-state index in [4.69, 9.17) is 16.3 Å². The van der Waals surface area contributed by atoms with Crippen LogP contribution in [0.5, 0.6) is 0 Å². The summed E-state index contributed by atoms with van der Waals surface area (Å²) < 4.78 is 5.27. The van der Waals surface area contributed by atoms with Crippen LogP contribution >= 0.6 is 11.6 Å². The van der Waals surface area contributed by atoms with Crippen LogP contribution in [-0.4, -0.2) is 30.9 Å². The zero-order valence-electron chi connectivity index (χ0n) is 15.8. The summed E-state index contributed by atoms with van der Waals surface area (Å²) in [6.45, 7) is 0.371. The largest absolute Gasteiger partial charge is 0.455 e. The summed E-state index contributed by atoms with van der Waals surface area (Å²) in [6.07, 6.45) is 2.83. The number of ether oxygens (including phenoxy) is 1. The number of hydrogen-bond acceptors (Lipinski definition) is 4. The number of anilines is 2. The number of halogens is 1. The summed E-state index contributed by atoms with van der Waals surface area (Å²) in [4.78, 5) is 38.2. The third-order valence-electron chi connectivity index (χ3n) is 5.41. The van der Waals surface area contributed by atoms with Crippen molar-refractivity contribution in [3.8, 4) is 0 Å². The van der Waals surface area contributed by atoms with Crippen LogP contribution in [0.2, 0.25) is 5.02 Å². The molecule has 1 N–H and O–H groups in total. The number of amides is 2. The van der Waals surface area contributed by atoms with Gasteiger partial charge in [-0.2, -0.15) is 0 Å². The molecule has 4 rings (SSSR count). The molecule has 0 radical (unpaired) electrons. The van der Waals surface area contributed by atoms with Crippen LogP contribution in [0.25, 0.3) is 0 Å². The first-order valence-corrected chi connectivity index (χ1v) is 9.99. The van der Waals surface area contributed by atoms with Crippen molar-refractivity contribution < 1.29 is 19.1 Å². The topological polar surface area (TPSA) is 75.7 Å². The molecule has 1 aliphatic carbocycles. The van der Waals surface area contributed by atoms with E-state index in [1.54, 1.807) is 41.3 Å². The fraction of sp³-hybridized carbons (Fsp3) is 0.318. The molecule has 2 amide bonds. The Labute approximate surface area is 173 Å². The van der Waals surface area contributed by atoms with Gasteiger partial charge in [0, 0.05) is 29.4 Å². The summed E-state index contributed by atoms with van der Waals surface area (Å²) in [7, 11) is 0. The maximum atomic E-state index is 12.5. The number of rotatable bonds is 6. The van der Waals surface area contributed by atoms with Gasteiger partial charge in [0.25, 0.3) is 5.91 Å². The normalized spacial score (nSPS) is 17.1. The quantitative estimate of drug-likeness (QED) is 0.734. The summed E-state index contributed by atoms with van der Waals surface area (Å²) >= 11 is 5.91. The summed E-state index contributed by atoms with van der Waals surface area (Å²) in [5, 5.41) is 3.32. The number of nitrogens with zero attached hydrogens (tertiary/aromatic N) is 1. The molecule has 150 valence electrons. The van der Waals surface area contributed by atoms with Crippen LogP contribution < -0.4 is 10.2 Å². The Morgan fingerprint density at radius 3 is 2.34 bits per heavy atom. The molecule has 0 atom stereocenters. The molecule has 0 spiro atoms. The summed E-state index contributed by atoms with van der Waals surface area (Å²) in [5.74, 6) is -0.684. The van der Waals surface area contributed by atoms with Gasteiger partial charge in [-0.3, -0.25) is 14.4 Å². The van der Waals surface area contributed by atoms with Gasteiger partial charge in [-0.05, 0) is 61.2 Å². The first kappa shape index (κ1) is 19.5. The summed E-state index contributed by atoms with van der Waals surface area (Å²) in [5.41, 5.74) is 1.60. The van der Waals surface area contributed by atoms with E-state index in [0.29, 0.717) is 30.0 Å². The zero-order chi connectivity index (χ0) is 20.4. The van der Waals surface area contributed by atoms with Gasteiger partial charge >= 0.3 is 5.97 Å². The Morgan fingerprint density at radius 2 is 1.76 bits per heavy atom. The first-order chi connectivity index (χ1) is 14.0. The van der Waals surface area contributed by atoms with Gasteiger partial charge in [0.15, 0.2) is 6.61 Å². The molecule has 2 aliphatic rings. The molecule has 7 heteroatoms. The highest BCUT2D eigenvalue weighted by molar-refractivity contribution is 6.30. The molecule has 29 heavy (non-hydrogen) atoms. The molecule has 0 bridgehead atoms. The van der Waals surface area contributed by atoms with Crippen molar-refractivity contribution in [2.45, 2.75) is 31.1 Å². The molecule has 1 heterocycles. The van der Waals surface area contributed by atoms with Gasteiger partial charge in [0.1, 0.15) is 0 Å².